The maximum absolute atomic E-state index is 6.17. The van der Waals surface area contributed by atoms with Gasteiger partial charge in [-0.05, 0) is 18.6 Å². The van der Waals surface area contributed by atoms with E-state index >= 15 is 0 Å². The highest BCUT2D eigenvalue weighted by molar-refractivity contribution is 6.29. The number of anilines is 1. The van der Waals surface area contributed by atoms with E-state index in [0.717, 1.165) is 61.1 Å². The van der Waals surface area contributed by atoms with Crippen LogP contribution in [0.4, 0.5) is 5.95 Å². The summed E-state index contributed by atoms with van der Waals surface area (Å²) >= 11 is 6.11. The zero-order valence-corrected chi connectivity index (χ0v) is 18.6. The fraction of sp³-hybridized carbons (Fsp3) is 0.409. The van der Waals surface area contributed by atoms with Gasteiger partial charge in [0.25, 0.3) is 0 Å². The van der Waals surface area contributed by atoms with Crippen molar-refractivity contribution < 1.29 is 9.47 Å². The number of benzene rings is 1. The fourth-order valence-electron chi connectivity index (χ4n) is 3.72. The SMILES string of the molecule is Cc1c(Cc2ccccc2OCCN2CCOCC2)c(-c2cc(Cl)nc(N)n2)nn1C. The first-order valence-corrected chi connectivity index (χ1v) is 10.7. The summed E-state index contributed by atoms with van der Waals surface area (Å²) in [6.45, 7) is 7.04. The zero-order chi connectivity index (χ0) is 21.8. The molecule has 0 unspecified atom stereocenters. The van der Waals surface area contributed by atoms with Crippen LogP contribution in [-0.4, -0.2) is 64.1 Å². The lowest BCUT2D eigenvalue weighted by atomic mass is 10.0. The molecule has 2 N–H and O–H groups in total. The average molecular weight is 443 g/mol. The molecule has 1 aliphatic rings. The van der Waals surface area contributed by atoms with E-state index in [9.17, 15) is 0 Å². The minimum atomic E-state index is 0.128. The van der Waals surface area contributed by atoms with Crippen molar-refractivity contribution >= 4 is 17.5 Å². The summed E-state index contributed by atoms with van der Waals surface area (Å²) in [5, 5.41) is 4.96. The van der Waals surface area contributed by atoms with E-state index in [-0.39, 0.29) is 5.95 Å². The third-order valence-electron chi connectivity index (χ3n) is 5.52. The molecular weight excluding hydrogens is 416 g/mol. The van der Waals surface area contributed by atoms with Gasteiger partial charge in [-0.15, -0.1) is 0 Å². The van der Waals surface area contributed by atoms with Crippen molar-refractivity contribution in [3.63, 3.8) is 0 Å². The third kappa shape index (κ3) is 5.15. The van der Waals surface area contributed by atoms with Crippen LogP contribution in [0.15, 0.2) is 30.3 Å². The number of nitrogen functional groups attached to an aromatic ring is 1. The number of hydrogen-bond donors (Lipinski definition) is 1. The van der Waals surface area contributed by atoms with Crippen LogP contribution in [0.3, 0.4) is 0 Å². The van der Waals surface area contributed by atoms with Gasteiger partial charge in [-0.1, -0.05) is 29.8 Å². The van der Waals surface area contributed by atoms with Crippen LogP contribution in [0.1, 0.15) is 16.8 Å². The van der Waals surface area contributed by atoms with Gasteiger partial charge in [-0.2, -0.15) is 5.10 Å². The van der Waals surface area contributed by atoms with Gasteiger partial charge < -0.3 is 15.2 Å². The minimum Gasteiger partial charge on any atom is -0.492 e. The number of morpholine rings is 1. The second-order valence-electron chi connectivity index (χ2n) is 7.56. The number of para-hydroxylation sites is 1. The second kappa shape index (κ2) is 9.64. The third-order valence-corrected chi connectivity index (χ3v) is 5.72. The molecule has 1 aromatic carbocycles. The molecule has 3 aromatic rings. The Kier molecular flexibility index (Phi) is 6.70. The molecule has 1 aliphatic heterocycles. The molecule has 4 rings (SSSR count). The lowest BCUT2D eigenvalue weighted by Crippen LogP contribution is -2.38. The maximum atomic E-state index is 6.17. The second-order valence-corrected chi connectivity index (χ2v) is 7.94. The van der Waals surface area contributed by atoms with Crippen LogP contribution >= 0.6 is 11.6 Å². The molecular formula is C22H27ClN6O2. The molecule has 164 valence electrons. The summed E-state index contributed by atoms with van der Waals surface area (Å²) in [6, 6.07) is 9.81. The summed E-state index contributed by atoms with van der Waals surface area (Å²) in [5.74, 6) is 1.01. The van der Waals surface area contributed by atoms with Crippen LogP contribution in [0.2, 0.25) is 5.15 Å². The standard InChI is InChI=1S/C22H27ClN6O2/c1-15-17(21(27-28(15)2)18-14-20(23)26-22(24)25-18)13-16-5-3-4-6-19(16)31-12-9-29-7-10-30-11-8-29/h3-6,14H,7-13H2,1-2H3,(H2,24,25,26). The van der Waals surface area contributed by atoms with Gasteiger partial charge in [0.05, 0.1) is 18.9 Å². The molecule has 0 radical (unpaired) electrons. The largest absolute Gasteiger partial charge is 0.492 e. The number of aryl methyl sites for hydroxylation is 1. The zero-order valence-electron chi connectivity index (χ0n) is 17.8. The highest BCUT2D eigenvalue weighted by atomic mass is 35.5. The van der Waals surface area contributed by atoms with Gasteiger partial charge in [0.2, 0.25) is 5.95 Å². The quantitative estimate of drug-likeness (QED) is 0.562. The summed E-state index contributed by atoms with van der Waals surface area (Å²) in [5.41, 5.74) is 10.4. The number of hydrogen-bond acceptors (Lipinski definition) is 7. The number of nitrogens with zero attached hydrogens (tertiary/aromatic N) is 5. The first kappa shape index (κ1) is 21.5. The monoisotopic (exact) mass is 442 g/mol. The molecule has 1 saturated heterocycles. The van der Waals surface area contributed by atoms with Crippen molar-refractivity contribution in [2.75, 3.05) is 45.2 Å². The van der Waals surface area contributed by atoms with E-state index in [2.05, 4.69) is 26.0 Å². The Balaban J connectivity index is 1.55. The molecule has 0 bridgehead atoms. The predicted octanol–water partition coefficient (Wildman–Crippen LogP) is 2.72. The smallest absolute Gasteiger partial charge is 0.222 e. The minimum absolute atomic E-state index is 0.128. The Hall–Kier alpha value is -2.68. The Bertz CT molecular complexity index is 1030. The van der Waals surface area contributed by atoms with Crippen molar-refractivity contribution in [2.45, 2.75) is 13.3 Å². The Morgan fingerprint density at radius 2 is 1.97 bits per heavy atom. The van der Waals surface area contributed by atoms with Crippen molar-refractivity contribution in [1.82, 2.24) is 24.6 Å². The molecule has 1 fully saturated rings. The van der Waals surface area contributed by atoms with E-state index in [1.165, 1.54) is 0 Å². The van der Waals surface area contributed by atoms with Crippen LogP contribution in [0, 0.1) is 6.92 Å². The molecule has 3 heterocycles. The molecule has 9 heteroatoms. The summed E-state index contributed by atoms with van der Waals surface area (Å²) in [7, 11) is 1.92. The number of ether oxygens (including phenoxy) is 2. The Morgan fingerprint density at radius 1 is 1.19 bits per heavy atom. The van der Waals surface area contributed by atoms with Crippen molar-refractivity contribution in [3.8, 4) is 17.1 Å². The Morgan fingerprint density at radius 3 is 2.74 bits per heavy atom. The predicted molar refractivity (Wildman–Crippen MR) is 120 cm³/mol. The number of rotatable bonds is 7. The van der Waals surface area contributed by atoms with Gasteiger partial charge >= 0.3 is 0 Å². The summed E-state index contributed by atoms with van der Waals surface area (Å²) in [6.07, 6.45) is 0.657. The molecule has 8 nitrogen and oxygen atoms in total. The topological polar surface area (TPSA) is 91.3 Å². The van der Waals surface area contributed by atoms with E-state index in [1.54, 1.807) is 6.07 Å². The molecule has 0 spiro atoms. The van der Waals surface area contributed by atoms with Gasteiger partial charge in [0, 0.05) is 50.4 Å². The van der Waals surface area contributed by atoms with Crippen molar-refractivity contribution in [3.05, 3.63) is 52.3 Å². The summed E-state index contributed by atoms with van der Waals surface area (Å²) < 4.78 is 13.4. The molecule has 0 aliphatic carbocycles. The van der Waals surface area contributed by atoms with E-state index in [0.29, 0.717) is 23.9 Å². The van der Waals surface area contributed by atoms with Crippen LogP contribution < -0.4 is 10.5 Å². The van der Waals surface area contributed by atoms with Gasteiger partial charge in [-0.25, -0.2) is 9.97 Å². The first-order valence-electron chi connectivity index (χ1n) is 10.3. The van der Waals surface area contributed by atoms with E-state index < -0.39 is 0 Å². The van der Waals surface area contributed by atoms with E-state index in [4.69, 9.17) is 26.8 Å². The first-order chi connectivity index (χ1) is 15.0. The summed E-state index contributed by atoms with van der Waals surface area (Å²) in [4.78, 5) is 10.7. The molecule has 0 amide bonds. The van der Waals surface area contributed by atoms with Crippen LogP contribution in [0.25, 0.3) is 11.4 Å². The fourth-order valence-corrected chi connectivity index (χ4v) is 3.91. The van der Waals surface area contributed by atoms with Gasteiger partial charge in [0.1, 0.15) is 23.2 Å². The van der Waals surface area contributed by atoms with Crippen molar-refractivity contribution in [1.29, 1.82) is 0 Å². The number of nitrogens with two attached hydrogens (primary N) is 1. The van der Waals surface area contributed by atoms with Crippen LogP contribution in [-0.2, 0) is 18.2 Å². The lowest BCUT2D eigenvalue weighted by Gasteiger charge is -2.26. The molecule has 0 saturated carbocycles. The average Bonchev–Trinajstić information content (AvgIpc) is 3.03. The molecule has 31 heavy (non-hydrogen) atoms. The Labute approximate surface area is 187 Å². The molecule has 0 atom stereocenters. The van der Waals surface area contributed by atoms with Crippen molar-refractivity contribution in [2.24, 2.45) is 7.05 Å². The highest BCUT2D eigenvalue weighted by Gasteiger charge is 2.19. The maximum Gasteiger partial charge on any atom is 0.222 e. The van der Waals surface area contributed by atoms with Gasteiger partial charge in [0.15, 0.2) is 0 Å². The van der Waals surface area contributed by atoms with Crippen LogP contribution in [0.5, 0.6) is 5.75 Å². The molecule has 2 aromatic heterocycles. The lowest BCUT2D eigenvalue weighted by molar-refractivity contribution is 0.0322. The van der Waals surface area contributed by atoms with Gasteiger partial charge in [-0.3, -0.25) is 9.58 Å². The number of aromatic nitrogens is 4. The highest BCUT2D eigenvalue weighted by Crippen LogP contribution is 2.30. The normalized spacial score (nSPS) is 14.7. The number of halogens is 1. The van der Waals surface area contributed by atoms with E-state index in [1.807, 2.05) is 36.9 Å².